The lowest BCUT2D eigenvalue weighted by atomic mass is 9.81. The quantitative estimate of drug-likeness (QED) is 0.707. The Morgan fingerprint density at radius 2 is 1.81 bits per heavy atom. The van der Waals surface area contributed by atoms with Crippen LogP contribution in [0.5, 0.6) is 11.5 Å². The van der Waals surface area contributed by atoms with Gasteiger partial charge in [0.2, 0.25) is 5.91 Å². The second-order valence-electron chi connectivity index (χ2n) is 6.54. The predicted octanol–water partition coefficient (Wildman–Crippen LogP) is 4.36. The monoisotopic (exact) mass is 347 g/mol. The third kappa shape index (κ3) is 2.49. The van der Waals surface area contributed by atoms with Gasteiger partial charge >= 0.3 is 0 Å². The summed E-state index contributed by atoms with van der Waals surface area (Å²) in [7, 11) is 5.15. The number of hydrogen-bond acceptors (Lipinski definition) is 3. The van der Waals surface area contributed by atoms with Crippen LogP contribution in [-0.2, 0) is 4.79 Å². The van der Waals surface area contributed by atoms with Crippen LogP contribution < -0.4 is 14.4 Å². The van der Waals surface area contributed by atoms with Crippen LogP contribution in [0, 0.1) is 0 Å². The van der Waals surface area contributed by atoms with Crippen molar-refractivity contribution >= 4 is 22.4 Å². The van der Waals surface area contributed by atoms with E-state index in [2.05, 4.69) is 18.2 Å². The highest BCUT2D eigenvalue weighted by Gasteiger charge is 2.33. The first-order valence-electron chi connectivity index (χ1n) is 8.64. The standard InChI is InChI=1S/C22H21NO3/c1-23-19-10-8-14-6-4-5-7-16(14)22(19)18(13-21(23)24)17-12-15(25-2)9-11-20(17)26-3/h4-12,18H,13H2,1-3H3. The number of ether oxygens (including phenoxy) is 2. The van der Waals surface area contributed by atoms with Crippen molar-refractivity contribution in [3.63, 3.8) is 0 Å². The number of rotatable bonds is 3. The van der Waals surface area contributed by atoms with E-state index < -0.39 is 0 Å². The first-order valence-corrected chi connectivity index (χ1v) is 8.64. The Bertz CT molecular complexity index is 996. The molecule has 0 N–H and O–H groups in total. The molecule has 4 rings (SSSR count). The molecule has 3 aromatic rings. The van der Waals surface area contributed by atoms with Crippen molar-refractivity contribution in [3.05, 3.63) is 65.7 Å². The highest BCUT2D eigenvalue weighted by molar-refractivity contribution is 6.03. The van der Waals surface area contributed by atoms with E-state index in [9.17, 15) is 4.79 Å². The average molecular weight is 347 g/mol. The highest BCUT2D eigenvalue weighted by atomic mass is 16.5. The van der Waals surface area contributed by atoms with Crippen molar-refractivity contribution in [2.75, 3.05) is 26.2 Å². The first-order chi connectivity index (χ1) is 12.6. The van der Waals surface area contributed by atoms with Crippen molar-refractivity contribution < 1.29 is 14.3 Å². The topological polar surface area (TPSA) is 38.8 Å². The minimum absolute atomic E-state index is 0.0788. The van der Waals surface area contributed by atoms with Gasteiger partial charge in [0.1, 0.15) is 11.5 Å². The molecule has 1 heterocycles. The molecular formula is C22H21NO3. The average Bonchev–Trinajstić information content (AvgIpc) is 2.69. The molecule has 0 saturated heterocycles. The largest absolute Gasteiger partial charge is 0.497 e. The number of benzene rings is 3. The van der Waals surface area contributed by atoms with Gasteiger partial charge in [-0.1, -0.05) is 30.3 Å². The summed E-state index contributed by atoms with van der Waals surface area (Å²) in [5.74, 6) is 1.55. The van der Waals surface area contributed by atoms with Gasteiger partial charge in [0.15, 0.2) is 0 Å². The molecule has 4 nitrogen and oxygen atoms in total. The number of nitrogens with zero attached hydrogens (tertiary/aromatic N) is 1. The van der Waals surface area contributed by atoms with Crippen LogP contribution in [0.2, 0.25) is 0 Å². The molecule has 3 aromatic carbocycles. The van der Waals surface area contributed by atoms with E-state index in [-0.39, 0.29) is 11.8 Å². The van der Waals surface area contributed by atoms with Gasteiger partial charge in [-0.15, -0.1) is 0 Å². The zero-order valence-corrected chi connectivity index (χ0v) is 15.2. The van der Waals surface area contributed by atoms with Gasteiger partial charge < -0.3 is 14.4 Å². The van der Waals surface area contributed by atoms with Gasteiger partial charge in [-0.05, 0) is 40.6 Å². The van der Waals surface area contributed by atoms with E-state index in [1.807, 2.05) is 43.4 Å². The maximum atomic E-state index is 12.7. The zero-order chi connectivity index (χ0) is 18.3. The second-order valence-corrected chi connectivity index (χ2v) is 6.54. The van der Waals surface area contributed by atoms with Crippen LogP contribution in [-0.4, -0.2) is 27.2 Å². The molecule has 4 heteroatoms. The summed E-state index contributed by atoms with van der Waals surface area (Å²) >= 11 is 0. The Labute approximate surface area is 153 Å². The van der Waals surface area contributed by atoms with Gasteiger partial charge in [-0.25, -0.2) is 0 Å². The van der Waals surface area contributed by atoms with Crippen LogP contribution in [0.15, 0.2) is 54.6 Å². The predicted molar refractivity (Wildman–Crippen MR) is 103 cm³/mol. The SMILES string of the molecule is COc1ccc(OC)c(C2CC(=O)N(C)c3ccc4ccccc4c32)c1. The Kier molecular flexibility index (Phi) is 4.03. The Hall–Kier alpha value is -3.01. The molecule has 1 atom stereocenters. The number of carbonyl (C=O) groups excluding carboxylic acids is 1. The van der Waals surface area contributed by atoms with Gasteiger partial charge in [0.05, 0.1) is 14.2 Å². The third-order valence-electron chi connectivity index (χ3n) is 5.22. The molecule has 0 fully saturated rings. The summed E-state index contributed by atoms with van der Waals surface area (Å²) in [6.45, 7) is 0. The minimum atomic E-state index is -0.0788. The molecule has 1 aliphatic rings. The summed E-state index contributed by atoms with van der Waals surface area (Å²) in [6, 6.07) is 18.2. The third-order valence-corrected chi connectivity index (χ3v) is 5.22. The lowest BCUT2D eigenvalue weighted by Gasteiger charge is -2.33. The van der Waals surface area contributed by atoms with Gasteiger partial charge in [-0.3, -0.25) is 4.79 Å². The molecule has 1 unspecified atom stereocenters. The van der Waals surface area contributed by atoms with Crippen molar-refractivity contribution in [2.45, 2.75) is 12.3 Å². The maximum Gasteiger partial charge on any atom is 0.227 e. The number of hydrogen-bond donors (Lipinski definition) is 0. The summed E-state index contributed by atoms with van der Waals surface area (Å²) in [5, 5.41) is 2.33. The minimum Gasteiger partial charge on any atom is -0.497 e. The van der Waals surface area contributed by atoms with Crippen LogP contribution >= 0.6 is 0 Å². The van der Waals surface area contributed by atoms with Crippen LogP contribution in [0.1, 0.15) is 23.5 Å². The fraction of sp³-hybridized carbons (Fsp3) is 0.227. The van der Waals surface area contributed by atoms with Gasteiger partial charge in [-0.2, -0.15) is 0 Å². The van der Waals surface area contributed by atoms with E-state index in [4.69, 9.17) is 9.47 Å². The first kappa shape index (κ1) is 16.5. The van der Waals surface area contributed by atoms with Crippen molar-refractivity contribution in [1.29, 1.82) is 0 Å². The number of amides is 1. The second kappa shape index (κ2) is 6.37. The van der Waals surface area contributed by atoms with Crippen LogP contribution in [0.4, 0.5) is 5.69 Å². The van der Waals surface area contributed by atoms with Gasteiger partial charge in [0.25, 0.3) is 0 Å². The van der Waals surface area contributed by atoms with E-state index >= 15 is 0 Å². The fourth-order valence-electron chi connectivity index (χ4n) is 3.87. The molecule has 1 amide bonds. The van der Waals surface area contributed by atoms with E-state index in [0.717, 1.165) is 28.3 Å². The molecule has 0 aromatic heterocycles. The summed E-state index contributed by atoms with van der Waals surface area (Å²) < 4.78 is 11.0. The fourth-order valence-corrected chi connectivity index (χ4v) is 3.87. The van der Waals surface area contributed by atoms with Crippen LogP contribution in [0.3, 0.4) is 0 Å². The lowest BCUT2D eigenvalue weighted by molar-refractivity contribution is -0.118. The van der Waals surface area contributed by atoms with Crippen molar-refractivity contribution in [2.24, 2.45) is 0 Å². The Balaban J connectivity index is 2.02. The van der Waals surface area contributed by atoms with Crippen molar-refractivity contribution in [3.8, 4) is 11.5 Å². The zero-order valence-electron chi connectivity index (χ0n) is 15.2. The normalized spacial score (nSPS) is 16.5. The highest BCUT2D eigenvalue weighted by Crippen LogP contribution is 2.46. The molecule has 132 valence electrons. The summed E-state index contributed by atoms with van der Waals surface area (Å²) in [4.78, 5) is 14.4. The van der Waals surface area contributed by atoms with Crippen molar-refractivity contribution in [1.82, 2.24) is 0 Å². The smallest absolute Gasteiger partial charge is 0.227 e. The Morgan fingerprint density at radius 1 is 1.00 bits per heavy atom. The number of fused-ring (bicyclic) bond motifs is 3. The van der Waals surface area contributed by atoms with Gasteiger partial charge in [0, 0.05) is 30.6 Å². The van der Waals surface area contributed by atoms with Crippen LogP contribution in [0.25, 0.3) is 10.8 Å². The maximum absolute atomic E-state index is 12.7. The molecule has 0 bridgehead atoms. The lowest BCUT2D eigenvalue weighted by Crippen LogP contribution is -2.33. The number of carbonyl (C=O) groups is 1. The van der Waals surface area contributed by atoms with E-state index in [1.165, 1.54) is 10.8 Å². The Morgan fingerprint density at radius 3 is 2.58 bits per heavy atom. The molecule has 0 spiro atoms. The van der Waals surface area contributed by atoms with E-state index in [1.54, 1.807) is 19.1 Å². The summed E-state index contributed by atoms with van der Waals surface area (Å²) in [6.07, 6.45) is 0.404. The number of methoxy groups -OCH3 is 2. The van der Waals surface area contributed by atoms with E-state index in [0.29, 0.717) is 6.42 Å². The number of anilines is 1. The molecule has 0 radical (unpaired) electrons. The molecule has 26 heavy (non-hydrogen) atoms. The molecule has 1 aliphatic heterocycles. The molecule has 0 aliphatic carbocycles. The molecular weight excluding hydrogens is 326 g/mol. The summed E-state index contributed by atoms with van der Waals surface area (Å²) in [5.41, 5.74) is 3.09. The molecule has 0 saturated carbocycles.